The molecule has 0 radical (unpaired) electrons. The van der Waals surface area contributed by atoms with Gasteiger partial charge in [-0.3, -0.25) is 9.69 Å². The van der Waals surface area contributed by atoms with Crippen molar-refractivity contribution >= 4 is 5.97 Å². The van der Waals surface area contributed by atoms with Crippen LogP contribution in [0, 0.1) is 5.41 Å². The molecule has 1 aliphatic rings. The minimum absolute atomic E-state index is 0.0358. The summed E-state index contributed by atoms with van der Waals surface area (Å²) in [5.41, 5.74) is -1.13. The third-order valence-corrected chi connectivity index (χ3v) is 4.29. The van der Waals surface area contributed by atoms with Crippen molar-refractivity contribution in [1.82, 2.24) is 4.90 Å². The van der Waals surface area contributed by atoms with Gasteiger partial charge < -0.3 is 14.2 Å². The predicted octanol–water partition coefficient (Wildman–Crippen LogP) is 3.91. The highest BCUT2D eigenvalue weighted by Crippen LogP contribution is 2.45. The largest absolute Gasteiger partial charge is 0.459 e. The van der Waals surface area contributed by atoms with Crippen LogP contribution < -0.4 is 0 Å². The summed E-state index contributed by atoms with van der Waals surface area (Å²) in [6.07, 6.45) is -12.1. The summed E-state index contributed by atoms with van der Waals surface area (Å²) in [7, 11) is 0. The highest BCUT2D eigenvalue weighted by Gasteiger charge is 2.61. The van der Waals surface area contributed by atoms with Crippen molar-refractivity contribution in [2.45, 2.75) is 57.7 Å². The third-order valence-electron chi connectivity index (χ3n) is 4.29. The Bertz CT molecular complexity index is 544. The lowest BCUT2D eigenvalue weighted by Crippen LogP contribution is -2.47. The second kappa shape index (κ2) is 10.4. The van der Waals surface area contributed by atoms with Gasteiger partial charge in [0.15, 0.2) is 0 Å². The molecule has 5 nitrogen and oxygen atoms in total. The molecule has 0 amide bonds. The van der Waals surface area contributed by atoms with Crippen LogP contribution in [0.3, 0.4) is 0 Å². The number of carbonyl (C=O) groups is 1. The number of ether oxygens (including phenoxy) is 3. The maximum absolute atomic E-state index is 14.0. The number of esters is 1. The lowest BCUT2D eigenvalue weighted by molar-refractivity contribution is -0.272. The zero-order valence-corrected chi connectivity index (χ0v) is 17.2. The molecule has 0 aromatic carbocycles. The van der Waals surface area contributed by atoms with E-state index < -0.39 is 55.0 Å². The van der Waals surface area contributed by atoms with E-state index in [1.54, 1.807) is 0 Å². The highest BCUT2D eigenvalue weighted by molar-refractivity contribution is 5.75. The summed E-state index contributed by atoms with van der Waals surface area (Å²) in [6.45, 7) is 6.35. The molecule has 0 bridgehead atoms. The minimum atomic E-state index is -5.49. The molecule has 0 aromatic heterocycles. The van der Waals surface area contributed by atoms with E-state index in [-0.39, 0.29) is 6.61 Å². The van der Waals surface area contributed by atoms with E-state index in [2.05, 4.69) is 0 Å². The van der Waals surface area contributed by atoms with E-state index in [0.29, 0.717) is 32.8 Å². The molecule has 178 valence electrons. The molecule has 0 N–H and O–H groups in total. The normalized spacial score (nSPS) is 18.3. The first-order chi connectivity index (χ1) is 13.5. The first kappa shape index (κ1) is 26.9. The van der Waals surface area contributed by atoms with Crippen LogP contribution in [0.5, 0.6) is 0 Å². The predicted molar refractivity (Wildman–Crippen MR) is 92.6 cm³/mol. The van der Waals surface area contributed by atoms with Gasteiger partial charge in [-0.15, -0.1) is 0 Å². The van der Waals surface area contributed by atoms with Gasteiger partial charge in [0.1, 0.15) is 12.5 Å². The van der Waals surface area contributed by atoms with Crippen molar-refractivity contribution in [3.05, 3.63) is 0 Å². The minimum Gasteiger partial charge on any atom is -0.459 e. The summed E-state index contributed by atoms with van der Waals surface area (Å²) in [4.78, 5) is 14.0. The van der Waals surface area contributed by atoms with Gasteiger partial charge in [0.05, 0.1) is 38.3 Å². The molecule has 1 unspecified atom stereocenters. The van der Waals surface area contributed by atoms with Gasteiger partial charge in [-0.25, -0.2) is 0 Å². The summed E-state index contributed by atoms with van der Waals surface area (Å²) >= 11 is 0. The molecule has 0 aromatic rings. The van der Waals surface area contributed by atoms with Crippen LogP contribution in [0.2, 0.25) is 0 Å². The number of morpholine rings is 1. The summed E-state index contributed by atoms with van der Waals surface area (Å²) in [5.74, 6) is -11.4. The van der Waals surface area contributed by atoms with Crippen molar-refractivity contribution in [1.29, 1.82) is 0 Å². The van der Waals surface area contributed by atoms with Gasteiger partial charge in [-0.05, 0) is 20.8 Å². The summed E-state index contributed by atoms with van der Waals surface area (Å²) < 4.78 is 107. The second-order valence-electron chi connectivity index (χ2n) is 8.21. The van der Waals surface area contributed by atoms with Gasteiger partial charge in [0.25, 0.3) is 0 Å². The van der Waals surface area contributed by atoms with E-state index >= 15 is 0 Å². The van der Waals surface area contributed by atoms with Crippen LogP contribution in [0.25, 0.3) is 0 Å². The van der Waals surface area contributed by atoms with E-state index in [1.807, 2.05) is 4.90 Å². The molecule has 0 saturated carbocycles. The number of hydrogen-bond donors (Lipinski definition) is 0. The molecule has 0 aliphatic carbocycles. The van der Waals surface area contributed by atoms with Crippen molar-refractivity contribution < 1.29 is 49.7 Å². The average molecular weight is 455 g/mol. The Morgan fingerprint density at radius 2 is 1.57 bits per heavy atom. The first-order valence-corrected chi connectivity index (χ1v) is 9.45. The molecule has 1 aliphatic heterocycles. The lowest BCUT2D eigenvalue weighted by atomic mass is 9.97. The molecule has 1 atom stereocenters. The molecule has 1 heterocycles. The fourth-order valence-electron chi connectivity index (χ4n) is 2.51. The lowest BCUT2D eigenvalue weighted by Gasteiger charge is -2.31. The number of hydrogen-bond acceptors (Lipinski definition) is 5. The number of alkyl halides is 7. The standard InChI is InChI=1S/C18H28F7NO4/c1-15(2,3)14(27)30-13(11-29-9-6-26-4-7-28-8-5-26)10-16(19,20)17(21,22)12-18(23,24)25/h13H,4-12H2,1-3H3. The monoisotopic (exact) mass is 455 g/mol. The zero-order valence-electron chi connectivity index (χ0n) is 17.2. The Labute approximate surface area is 170 Å². The number of rotatable bonds is 10. The maximum atomic E-state index is 14.0. The smallest absolute Gasteiger partial charge is 0.395 e. The summed E-state index contributed by atoms with van der Waals surface area (Å²) in [5, 5.41) is 0. The van der Waals surface area contributed by atoms with Crippen LogP contribution in [0.15, 0.2) is 0 Å². The maximum Gasteiger partial charge on any atom is 0.395 e. The Hall–Kier alpha value is -1.14. The molecular weight excluding hydrogens is 427 g/mol. The Kier molecular flexibility index (Phi) is 9.37. The van der Waals surface area contributed by atoms with Crippen molar-refractivity contribution in [3.8, 4) is 0 Å². The van der Waals surface area contributed by atoms with Crippen LogP contribution >= 0.6 is 0 Å². The van der Waals surface area contributed by atoms with E-state index in [4.69, 9.17) is 14.2 Å². The first-order valence-electron chi connectivity index (χ1n) is 9.45. The van der Waals surface area contributed by atoms with Crippen molar-refractivity contribution in [2.75, 3.05) is 46.1 Å². The molecule has 0 spiro atoms. The van der Waals surface area contributed by atoms with Crippen LogP contribution in [0.4, 0.5) is 30.7 Å². The van der Waals surface area contributed by atoms with E-state index in [0.717, 1.165) is 0 Å². The number of carbonyl (C=O) groups excluding carboxylic acids is 1. The zero-order chi connectivity index (χ0) is 23.2. The van der Waals surface area contributed by atoms with Crippen LogP contribution in [0.1, 0.15) is 33.6 Å². The Morgan fingerprint density at radius 3 is 2.07 bits per heavy atom. The van der Waals surface area contributed by atoms with Crippen LogP contribution in [-0.4, -0.2) is 81.1 Å². The molecule has 1 rings (SSSR count). The Morgan fingerprint density at radius 1 is 1.00 bits per heavy atom. The fourth-order valence-corrected chi connectivity index (χ4v) is 2.51. The fraction of sp³-hybridized carbons (Fsp3) is 0.944. The molecule has 30 heavy (non-hydrogen) atoms. The molecule has 1 fully saturated rings. The van der Waals surface area contributed by atoms with Gasteiger partial charge >= 0.3 is 24.0 Å². The average Bonchev–Trinajstić information content (AvgIpc) is 2.56. The van der Waals surface area contributed by atoms with Crippen molar-refractivity contribution in [2.24, 2.45) is 5.41 Å². The van der Waals surface area contributed by atoms with Gasteiger partial charge in [0.2, 0.25) is 0 Å². The van der Waals surface area contributed by atoms with Crippen molar-refractivity contribution in [3.63, 3.8) is 0 Å². The van der Waals surface area contributed by atoms with Gasteiger partial charge in [0, 0.05) is 19.6 Å². The Balaban J connectivity index is 2.74. The van der Waals surface area contributed by atoms with E-state index in [9.17, 15) is 35.5 Å². The van der Waals surface area contributed by atoms with Crippen LogP contribution in [-0.2, 0) is 19.0 Å². The molecular formula is C18H28F7NO4. The quantitative estimate of drug-likeness (QED) is 0.284. The third kappa shape index (κ3) is 9.34. The highest BCUT2D eigenvalue weighted by atomic mass is 19.4. The van der Waals surface area contributed by atoms with Gasteiger partial charge in [-0.2, -0.15) is 30.7 Å². The number of nitrogens with zero attached hydrogens (tertiary/aromatic N) is 1. The van der Waals surface area contributed by atoms with Gasteiger partial charge in [-0.1, -0.05) is 0 Å². The number of halogens is 7. The van der Waals surface area contributed by atoms with E-state index in [1.165, 1.54) is 20.8 Å². The topological polar surface area (TPSA) is 48.0 Å². The molecule has 12 heteroatoms. The SMILES string of the molecule is CC(C)(C)C(=O)OC(COCCN1CCOCC1)CC(F)(F)C(F)(F)CC(F)(F)F. The summed E-state index contributed by atoms with van der Waals surface area (Å²) in [6, 6.07) is 0. The molecule has 1 saturated heterocycles. The second-order valence-corrected chi connectivity index (χ2v) is 8.21.